The summed E-state index contributed by atoms with van der Waals surface area (Å²) >= 11 is 1.57. The van der Waals surface area contributed by atoms with Gasteiger partial charge in [0.05, 0.1) is 28.5 Å². The molecular weight excluding hydrogens is 505 g/mol. The molecule has 0 aliphatic heterocycles. The minimum Gasteiger partial charge on any atom is -0.424 e. The van der Waals surface area contributed by atoms with E-state index in [1.807, 2.05) is 18.3 Å². The highest BCUT2D eigenvalue weighted by Crippen LogP contribution is 2.32. The third-order valence-electron chi connectivity index (χ3n) is 5.08. The largest absolute Gasteiger partial charge is 0.424 e. The lowest BCUT2D eigenvalue weighted by Gasteiger charge is -2.13. The van der Waals surface area contributed by atoms with Crippen molar-refractivity contribution in [2.45, 2.75) is 26.4 Å². The summed E-state index contributed by atoms with van der Waals surface area (Å²) in [7, 11) is 0. The fourth-order valence-electron chi connectivity index (χ4n) is 3.16. The van der Waals surface area contributed by atoms with Crippen LogP contribution in [0.4, 0.5) is 34.5 Å². The number of halogens is 3. The molecule has 0 fully saturated rings. The van der Waals surface area contributed by atoms with Crippen molar-refractivity contribution in [1.82, 2.24) is 15.0 Å². The molecule has 4 rings (SSSR count). The predicted molar refractivity (Wildman–Crippen MR) is 137 cm³/mol. The van der Waals surface area contributed by atoms with E-state index in [1.165, 1.54) is 18.5 Å². The smallest absolute Gasteiger partial charge is 0.416 e. The first-order valence-corrected chi connectivity index (χ1v) is 12.1. The third-order valence-corrected chi connectivity index (χ3v) is 6.08. The highest BCUT2D eigenvalue weighted by Gasteiger charge is 2.31. The van der Waals surface area contributed by atoms with Gasteiger partial charge in [-0.2, -0.15) is 13.2 Å². The van der Waals surface area contributed by atoms with Crippen LogP contribution < -0.4 is 20.7 Å². The molecule has 0 aliphatic rings. The lowest BCUT2D eigenvalue weighted by Crippen LogP contribution is -2.20. The molecule has 3 N–H and O–H groups in total. The Morgan fingerprint density at radius 1 is 1.00 bits per heavy atom. The molecule has 12 heteroatoms. The van der Waals surface area contributed by atoms with E-state index in [9.17, 15) is 18.0 Å². The van der Waals surface area contributed by atoms with Crippen LogP contribution in [0.3, 0.4) is 0 Å². The zero-order valence-electron chi connectivity index (χ0n) is 19.9. The molecule has 2 amide bonds. The Kier molecular flexibility index (Phi) is 7.87. The lowest BCUT2D eigenvalue weighted by atomic mass is 10.1. The fourth-order valence-corrected chi connectivity index (χ4v) is 4.01. The molecule has 0 saturated carbocycles. The molecule has 2 aromatic heterocycles. The highest BCUT2D eigenvalue weighted by atomic mass is 32.1. The van der Waals surface area contributed by atoms with Crippen LogP contribution in [0.1, 0.15) is 24.5 Å². The number of carbonyl (C=O) groups excluding carboxylic acids is 1. The van der Waals surface area contributed by atoms with E-state index in [0.717, 1.165) is 40.7 Å². The minimum atomic E-state index is -4.51. The van der Waals surface area contributed by atoms with E-state index < -0.39 is 17.8 Å². The molecule has 0 radical (unpaired) electrons. The summed E-state index contributed by atoms with van der Waals surface area (Å²) in [4.78, 5) is 25.8. The number of thiazole rings is 1. The van der Waals surface area contributed by atoms with Crippen LogP contribution in [0.5, 0.6) is 11.8 Å². The van der Waals surface area contributed by atoms with E-state index in [-0.39, 0.29) is 17.4 Å². The maximum absolute atomic E-state index is 13.0. The van der Waals surface area contributed by atoms with Crippen LogP contribution in [0.15, 0.2) is 61.1 Å². The number of nitrogens with zero attached hydrogens (tertiary/aromatic N) is 3. The lowest BCUT2D eigenvalue weighted by molar-refractivity contribution is -0.137. The monoisotopic (exact) mass is 528 g/mol. The molecule has 192 valence electrons. The number of aromatic nitrogens is 3. The average Bonchev–Trinajstić information content (AvgIpc) is 3.34. The van der Waals surface area contributed by atoms with Crippen LogP contribution in [-0.4, -0.2) is 27.5 Å². The van der Waals surface area contributed by atoms with Crippen molar-refractivity contribution in [3.8, 4) is 22.2 Å². The van der Waals surface area contributed by atoms with Gasteiger partial charge in [0.1, 0.15) is 5.75 Å². The molecular formula is C25H23F3N6O2S. The molecule has 0 unspecified atom stereocenters. The Bertz CT molecular complexity index is 1360. The number of anilines is 3. The number of benzene rings is 2. The molecule has 4 aromatic rings. The first-order chi connectivity index (χ1) is 17.7. The molecule has 0 saturated heterocycles. The summed E-state index contributed by atoms with van der Waals surface area (Å²) in [5.74, 6) is 0.524. The predicted octanol–water partition coefficient (Wildman–Crippen LogP) is 7.19. The maximum Gasteiger partial charge on any atom is 0.416 e. The molecule has 2 heterocycles. The second kappa shape index (κ2) is 11.2. The summed E-state index contributed by atoms with van der Waals surface area (Å²) in [5.41, 5.74) is 0.910. The Labute approximate surface area is 215 Å². The fraction of sp³-hybridized carbons (Fsp3) is 0.200. The highest BCUT2D eigenvalue weighted by molar-refractivity contribution is 7.18. The molecule has 0 spiro atoms. The second-order valence-corrected chi connectivity index (χ2v) is 8.97. The standard InChI is InChI=1S/C25H23F3N6O2S/c1-3-10-29-24-32-14-21(37-24)16-5-8-19(9-6-16)36-23-30-12-18(13-31-23)33-22(35)34-20-11-17(25(26,27)28)7-4-15(20)2/h4-9,11-14H,3,10H2,1-2H3,(H,29,32)(H2,33,34,35). The van der Waals surface area contributed by atoms with Gasteiger partial charge in [0.2, 0.25) is 0 Å². The Morgan fingerprint density at radius 2 is 1.73 bits per heavy atom. The molecule has 0 atom stereocenters. The Balaban J connectivity index is 1.33. The van der Waals surface area contributed by atoms with Crippen LogP contribution >= 0.6 is 11.3 Å². The van der Waals surface area contributed by atoms with E-state index in [2.05, 4.69) is 37.8 Å². The van der Waals surface area contributed by atoms with Crippen LogP contribution in [0.25, 0.3) is 10.4 Å². The van der Waals surface area contributed by atoms with Gasteiger partial charge in [0.25, 0.3) is 0 Å². The molecule has 37 heavy (non-hydrogen) atoms. The van der Waals surface area contributed by atoms with E-state index >= 15 is 0 Å². The second-order valence-electron chi connectivity index (χ2n) is 7.94. The Morgan fingerprint density at radius 3 is 2.41 bits per heavy atom. The normalized spacial score (nSPS) is 11.2. The topological polar surface area (TPSA) is 101 Å². The van der Waals surface area contributed by atoms with Gasteiger partial charge in [-0.3, -0.25) is 0 Å². The summed E-state index contributed by atoms with van der Waals surface area (Å²) < 4.78 is 44.5. The van der Waals surface area contributed by atoms with E-state index in [1.54, 1.807) is 30.4 Å². The third kappa shape index (κ3) is 6.94. The number of nitrogens with one attached hydrogen (secondary N) is 3. The number of amides is 2. The quantitative estimate of drug-likeness (QED) is 0.224. The van der Waals surface area contributed by atoms with Gasteiger partial charge in [0, 0.05) is 18.4 Å². The number of aryl methyl sites for hydroxylation is 1. The summed E-state index contributed by atoms with van der Waals surface area (Å²) in [5, 5.41) is 9.03. The molecule has 0 bridgehead atoms. The first kappa shape index (κ1) is 25.9. The van der Waals surface area contributed by atoms with Crippen molar-refractivity contribution < 1.29 is 22.7 Å². The number of urea groups is 1. The van der Waals surface area contributed by atoms with E-state index in [4.69, 9.17) is 4.74 Å². The number of carbonyl (C=O) groups is 1. The number of alkyl halides is 3. The van der Waals surface area contributed by atoms with Gasteiger partial charge in [-0.15, -0.1) is 0 Å². The number of hydrogen-bond acceptors (Lipinski definition) is 7. The summed E-state index contributed by atoms with van der Waals surface area (Å²) in [6.45, 7) is 4.56. The van der Waals surface area contributed by atoms with Crippen molar-refractivity contribution in [1.29, 1.82) is 0 Å². The first-order valence-electron chi connectivity index (χ1n) is 11.3. The van der Waals surface area contributed by atoms with Crippen LogP contribution in [0, 0.1) is 6.92 Å². The average molecular weight is 529 g/mol. The summed E-state index contributed by atoms with van der Waals surface area (Å²) in [6.07, 6.45) is 0.987. The van der Waals surface area contributed by atoms with Crippen molar-refractivity contribution in [2.75, 3.05) is 22.5 Å². The molecule has 2 aromatic carbocycles. The van der Waals surface area contributed by atoms with Crippen molar-refractivity contribution in [3.63, 3.8) is 0 Å². The van der Waals surface area contributed by atoms with Crippen molar-refractivity contribution in [3.05, 3.63) is 72.2 Å². The molecule has 8 nitrogen and oxygen atoms in total. The number of hydrogen-bond donors (Lipinski definition) is 3. The minimum absolute atomic E-state index is 0.0448. The van der Waals surface area contributed by atoms with Crippen LogP contribution in [0.2, 0.25) is 0 Å². The van der Waals surface area contributed by atoms with Crippen molar-refractivity contribution >= 4 is 33.9 Å². The van der Waals surface area contributed by atoms with Gasteiger partial charge >= 0.3 is 18.2 Å². The van der Waals surface area contributed by atoms with Gasteiger partial charge < -0.3 is 20.7 Å². The van der Waals surface area contributed by atoms with Gasteiger partial charge in [-0.25, -0.2) is 19.7 Å². The zero-order valence-corrected chi connectivity index (χ0v) is 20.7. The van der Waals surface area contributed by atoms with Gasteiger partial charge in [-0.05, 0) is 60.9 Å². The van der Waals surface area contributed by atoms with Gasteiger partial charge in [0.15, 0.2) is 5.13 Å². The maximum atomic E-state index is 13.0. The van der Waals surface area contributed by atoms with Crippen molar-refractivity contribution in [2.24, 2.45) is 0 Å². The molecule has 0 aliphatic carbocycles. The Hall–Kier alpha value is -4.19. The SMILES string of the molecule is CCCNc1ncc(-c2ccc(Oc3ncc(NC(=O)Nc4cc(C(F)(F)F)ccc4C)cn3)cc2)s1. The van der Waals surface area contributed by atoms with Crippen LogP contribution in [-0.2, 0) is 6.18 Å². The number of rotatable bonds is 8. The van der Waals surface area contributed by atoms with E-state index in [0.29, 0.717) is 11.3 Å². The number of ether oxygens (including phenoxy) is 1. The van der Waals surface area contributed by atoms with Gasteiger partial charge in [-0.1, -0.05) is 24.3 Å². The summed E-state index contributed by atoms with van der Waals surface area (Å²) in [6, 6.07) is 9.85. The zero-order chi connectivity index (χ0) is 26.4.